The average Bonchev–Trinajstić information content (AvgIpc) is 3.21. The molecule has 0 aromatic carbocycles. The highest BCUT2D eigenvalue weighted by Gasteiger charge is 2.27. The first kappa shape index (κ1) is 22.4. The number of rotatable bonds is 4. The first-order valence-electron chi connectivity index (χ1n) is 10.9. The molecule has 0 saturated carbocycles. The van der Waals surface area contributed by atoms with Crippen molar-refractivity contribution in [2.45, 2.75) is 44.7 Å². The summed E-state index contributed by atoms with van der Waals surface area (Å²) in [5.74, 6) is 0.656. The maximum Gasteiger partial charge on any atom is 0.165 e. The Kier molecular flexibility index (Phi) is 5.74. The number of sulfone groups is 1. The van der Waals surface area contributed by atoms with E-state index in [1.165, 1.54) is 6.08 Å². The van der Waals surface area contributed by atoms with Gasteiger partial charge < -0.3 is 11.1 Å². The summed E-state index contributed by atoms with van der Waals surface area (Å²) >= 11 is 3.56. The third-order valence-electron chi connectivity index (χ3n) is 6.33. The van der Waals surface area contributed by atoms with Crippen molar-refractivity contribution in [3.63, 3.8) is 0 Å². The number of nitrogens with two attached hydrogens (primary N) is 1. The van der Waals surface area contributed by atoms with Gasteiger partial charge in [-0.3, -0.25) is 4.98 Å². The molecule has 1 fully saturated rings. The van der Waals surface area contributed by atoms with Gasteiger partial charge in [-0.2, -0.15) is 9.61 Å². The summed E-state index contributed by atoms with van der Waals surface area (Å²) in [7, 11) is -2.93. The Morgan fingerprint density at radius 3 is 2.79 bits per heavy atom. The standard InChI is InChI=1S/C22H24BrFN6O2S/c1-12(28-16-4-6-33(31,32)7-5-16)20-19(23)21(25)30-22(29-20)17(11-27-30)14-8-13-9-15(24)2-3-18(13)26-10-14/h8-12,16,28H,2-7,25H2,1H3. The van der Waals surface area contributed by atoms with Crippen LogP contribution in [0.3, 0.4) is 0 Å². The van der Waals surface area contributed by atoms with Crippen LogP contribution in [0.1, 0.15) is 49.2 Å². The number of aromatic nitrogens is 4. The third-order valence-corrected chi connectivity index (χ3v) is 8.85. The number of nitrogens with zero attached hydrogens (tertiary/aromatic N) is 4. The van der Waals surface area contributed by atoms with Gasteiger partial charge in [-0.25, -0.2) is 17.8 Å². The lowest BCUT2D eigenvalue weighted by Crippen LogP contribution is -2.39. The molecular weight excluding hydrogens is 511 g/mol. The minimum Gasteiger partial charge on any atom is -0.383 e. The lowest BCUT2D eigenvalue weighted by atomic mass is 9.99. The molecule has 3 N–H and O–H groups in total. The number of aryl methyl sites for hydroxylation is 1. The Balaban J connectivity index is 1.50. The zero-order chi connectivity index (χ0) is 23.3. The van der Waals surface area contributed by atoms with Crippen molar-refractivity contribution in [3.05, 3.63) is 45.7 Å². The van der Waals surface area contributed by atoms with Gasteiger partial charge >= 0.3 is 0 Å². The molecule has 2 aliphatic rings. The zero-order valence-electron chi connectivity index (χ0n) is 18.1. The second-order valence-electron chi connectivity index (χ2n) is 8.66. The van der Waals surface area contributed by atoms with Crippen LogP contribution < -0.4 is 11.1 Å². The lowest BCUT2D eigenvalue weighted by molar-refractivity contribution is 0.415. The normalized spacial score (nSPS) is 19.3. The van der Waals surface area contributed by atoms with Crippen molar-refractivity contribution in [3.8, 4) is 11.1 Å². The molecule has 1 unspecified atom stereocenters. The number of nitrogen functional groups attached to an aromatic ring is 1. The largest absolute Gasteiger partial charge is 0.383 e. The first-order valence-corrected chi connectivity index (χ1v) is 13.5. The van der Waals surface area contributed by atoms with Gasteiger partial charge in [-0.05, 0) is 59.8 Å². The van der Waals surface area contributed by atoms with Crippen molar-refractivity contribution >= 4 is 43.3 Å². The first-order chi connectivity index (χ1) is 15.7. The molecule has 3 aromatic rings. The Morgan fingerprint density at radius 2 is 2.03 bits per heavy atom. The van der Waals surface area contributed by atoms with E-state index in [9.17, 15) is 12.8 Å². The van der Waals surface area contributed by atoms with Crippen LogP contribution in [0, 0.1) is 0 Å². The van der Waals surface area contributed by atoms with Crippen molar-refractivity contribution in [1.29, 1.82) is 0 Å². The average molecular weight is 535 g/mol. The maximum atomic E-state index is 13.8. The van der Waals surface area contributed by atoms with Gasteiger partial charge in [-0.1, -0.05) is 0 Å². The van der Waals surface area contributed by atoms with Gasteiger partial charge in [0, 0.05) is 41.5 Å². The van der Waals surface area contributed by atoms with Crippen molar-refractivity contribution < 1.29 is 12.8 Å². The number of fused-ring (bicyclic) bond motifs is 2. The quantitative estimate of drug-likeness (QED) is 0.525. The van der Waals surface area contributed by atoms with Gasteiger partial charge in [0.1, 0.15) is 21.5 Å². The van der Waals surface area contributed by atoms with Gasteiger partial charge in [0.25, 0.3) is 0 Å². The Morgan fingerprint density at radius 1 is 1.27 bits per heavy atom. The number of anilines is 1. The van der Waals surface area contributed by atoms with Crippen LogP contribution in [0.2, 0.25) is 0 Å². The van der Waals surface area contributed by atoms with E-state index in [-0.39, 0.29) is 29.4 Å². The van der Waals surface area contributed by atoms with Crippen LogP contribution in [-0.4, -0.2) is 45.5 Å². The van der Waals surface area contributed by atoms with Crippen LogP contribution in [-0.2, 0) is 16.3 Å². The second kappa shape index (κ2) is 8.44. The molecule has 0 spiro atoms. The van der Waals surface area contributed by atoms with Crippen LogP contribution in [0.4, 0.5) is 10.2 Å². The molecule has 1 aliphatic heterocycles. The van der Waals surface area contributed by atoms with Gasteiger partial charge in [0.15, 0.2) is 5.65 Å². The van der Waals surface area contributed by atoms with E-state index in [0.717, 1.165) is 22.4 Å². The van der Waals surface area contributed by atoms with Gasteiger partial charge in [-0.15, -0.1) is 0 Å². The highest BCUT2D eigenvalue weighted by atomic mass is 79.9. The van der Waals surface area contributed by atoms with E-state index in [1.807, 2.05) is 13.0 Å². The molecule has 1 atom stereocenters. The minimum atomic E-state index is -2.93. The number of nitrogens with one attached hydrogen (secondary N) is 1. The molecule has 0 radical (unpaired) electrons. The van der Waals surface area contributed by atoms with E-state index >= 15 is 0 Å². The monoisotopic (exact) mass is 534 g/mol. The van der Waals surface area contributed by atoms with E-state index in [4.69, 9.17) is 10.7 Å². The molecule has 1 aliphatic carbocycles. The smallest absolute Gasteiger partial charge is 0.165 e. The van der Waals surface area contributed by atoms with Crippen molar-refractivity contribution in [2.75, 3.05) is 17.2 Å². The van der Waals surface area contributed by atoms with Crippen LogP contribution >= 0.6 is 15.9 Å². The summed E-state index contributed by atoms with van der Waals surface area (Å²) in [6, 6.07) is 1.83. The summed E-state index contributed by atoms with van der Waals surface area (Å²) < 4.78 is 39.5. The molecule has 4 heterocycles. The molecular formula is C22H24BrFN6O2S. The number of allylic oxidation sites excluding steroid dienone is 1. The summed E-state index contributed by atoms with van der Waals surface area (Å²) in [5.41, 5.74) is 10.8. The van der Waals surface area contributed by atoms with E-state index in [1.54, 1.807) is 16.9 Å². The molecule has 11 heteroatoms. The molecule has 1 saturated heterocycles. The molecule has 33 heavy (non-hydrogen) atoms. The number of pyridine rings is 1. The molecule has 5 rings (SSSR count). The Labute approximate surface area is 199 Å². The predicted molar refractivity (Wildman–Crippen MR) is 129 cm³/mol. The van der Waals surface area contributed by atoms with Crippen molar-refractivity contribution in [2.24, 2.45) is 0 Å². The molecule has 8 nitrogen and oxygen atoms in total. The zero-order valence-corrected chi connectivity index (χ0v) is 20.5. The predicted octanol–water partition coefficient (Wildman–Crippen LogP) is 3.62. The molecule has 174 valence electrons. The summed E-state index contributed by atoms with van der Waals surface area (Å²) in [6.07, 6.45) is 7.09. The van der Waals surface area contributed by atoms with E-state index in [0.29, 0.717) is 47.3 Å². The molecule has 0 bridgehead atoms. The fourth-order valence-electron chi connectivity index (χ4n) is 4.46. The fourth-order valence-corrected chi connectivity index (χ4v) is 6.55. The highest BCUT2D eigenvalue weighted by Crippen LogP contribution is 2.34. The SMILES string of the molecule is CC(NC1CCS(=O)(=O)CC1)c1nc2c(-c3cnc4c(c3)C=C(F)CC4)cnn2c(N)c1Br. The molecule has 3 aromatic heterocycles. The third kappa shape index (κ3) is 4.29. The topological polar surface area (TPSA) is 115 Å². The second-order valence-corrected chi connectivity index (χ2v) is 11.8. The highest BCUT2D eigenvalue weighted by molar-refractivity contribution is 9.10. The Bertz CT molecular complexity index is 1370. The van der Waals surface area contributed by atoms with Gasteiger partial charge in [0.2, 0.25) is 0 Å². The van der Waals surface area contributed by atoms with E-state index < -0.39 is 9.84 Å². The number of halogens is 2. The summed E-state index contributed by atoms with van der Waals surface area (Å²) in [5, 5.41) is 7.91. The Hall–Kier alpha value is -2.37. The van der Waals surface area contributed by atoms with Crippen molar-refractivity contribution in [1.82, 2.24) is 24.9 Å². The van der Waals surface area contributed by atoms with E-state index in [2.05, 4.69) is 31.3 Å². The number of hydrogen-bond acceptors (Lipinski definition) is 7. The van der Waals surface area contributed by atoms with Gasteiger partial charge in [0.05, 0.1) is 27.9 Å². The summed E-state index contributed by atoms with van der Waals surface area (Å²) in [4.78, 5) is 9.39. The lowest BCUT2D eigenvalue weighted by Gasteiger charge is -2.27. The number of hydrogen-bond donors (Lipinski definition) is 2. The van der Waals surface area contributed by atoms with Crippen LogP contribution in [0.15, 0.2) is 28.8 Å². The van der Waals surface area contributed by atoms with Crippen LogP contribution in [0.25, 0.3) is 22.9 Å². The maximum absolute atomic E-state index is 13.8. The fraction of sp³-hybridized carbons (Fsp3) is 0.409. The molecule has 0 amide bonds. The summed E-state index contributed by atoms with van der Waals surface area (Å²) in [6.45, 7) is 1.98. The minimum absolute atomic E-state index is 0.0885. The van der Waals surface area contributed by atoms with Crippen LogP contribution in [0.5, 0.6) is 0 Å².